The number of oxime groups is 1. The summed E-state index contributed by atoms with van der Waals surface area (Å²) in [5, 5.41) is 4.19. The number of fused-ring (bicyclic) bond motifs is 1. The lowest BCUT2D eigenvalue weighted by atomic mass is 10.0. The van der Waals surface area contributed by atoms with Crippen LogP contribution in [0.3, 0.4) is 0 Å². The van der Waals surface area contributed by atoms with Gasteiger partial charge in [0.15, 0.2) is 11.5 Å². The Morgan fingerprint density at radius 1 is 1.13 bits per heavy atom. The maximum atomic E-state index is 14.1. The lowest BCUT2D eigenvalue weighted by Gasteiger charge is -2.35. The summed E-state index contributed by atoms with van der Waals surface area (Å²) in [6, 6.07) is 10.4. The molecule has 0 aliphatic carbocycles. The van der Waals surface area contributed by atoms with Crippen LogP contribution in [0.2, 0.25) is 5.02 Å². The summed E-state index contributed by atoms with van der Waals surface area (Å²) in [5.74, 6) is 0.943. The van der Waals surface area contributed by atoms with Crippen LogP contribution in [0.1, 0.15) is 17.5 Å². The summed E-state index contributed by atoms with van der Waals surface area (Å²) < 4.78 is 24.9. The minimum absolute atomic E-state index is 0.131. The van der Waals surface area contributed by atoms with Crippen LogP contribution >= 0.6 is 11.6 Å². The van der Waals surface area contributed by atoms with Crippen molar-refractivity contribution in [3.63, 3.8) is 0 Å². The largest absolute Gasteiger partial charge is 0.454 e. The maximum absolute atomic E-state index is 14.1. The second-order valence-corrected chi connectivity index (χ2v) is 8.13. The summed E-state index contributed by atoms with van der Waals surface area (Å²) in [4.78, 5) is 22.3. The minimum atomic E-state index is -0.744. The van der Waals surface area contributed by atoms with E-state index in [1.807, 2.05) is 18.2 Å². The van der Waals surface area contributed by atoms with Gasteiger partial charge in [-0.25, -0.2) is 4.39 Å². The van der Waals surface area contributed by atoms with Gasteiger partial charge in [-0.15, -0.1) is 0 Å². The third kappa shape index (κ3) is 4.05. The topological polar surface area (TPSA) is 63.6 Å². The van der Waals surface area contributed by atoms with Crippen LogP contribution in [0.5, 0.6) is 11.5 Å². The van der Waals surface area contributed by atoms with Gasteiger partial charge in [-0.2, -0.15) is 0 Å². The number of amides is 1. The van der Waals surface area contributed by atoms with E-state index in [1.165, 1.54) is 12.1 Å². The van der Waals surface area contributed by atoms with E-state index in [1.54, 1.807) is 11.0 Å². The van der Waals surface area contributed by atoms with Crippen LogP contribution in [-0.2, 0) is 16.2 Å². The molecule has 9 heteroatoms. The number of hydrogen-bond acceptors (Lipinski definition) is 6. The second-order valence-electron chi connectivity index (χ2n) is 7.72. The summed E-state index contributed by atoms with van der Waals surface area (Å²) in [6.45, 7) is 3.73. The summed E-state index contributed by atoms with van der Waals surface area (Å²) >= 11 is 6.11. The Hall–Kier alpha value is -2.84. The van der Waals surface area contributed by atoms with E-state index in [4.69, 9.17) is 25.9 Å². The molecule has 0 spiro atoms. The van der Waals surface area contributed by atoms with Crippen molar-refractivity contribution in [2.75, 3.05) is 33.0 Å². The Balaban J connectivity index is 1.15. The number of halogens is 2. The molecule has 0 radical (unpaired) electrons. The fraction of sp³-hybridized carbons (Fsp3) is 0.364. The molecule has 0 bridgehead atoms. The van der Waals surface area contributed by atoms with Gasteiger partial charge in [0.25, 0.3) is 5.91 Å². The highest BCUT2D eigenvalue weighted by atomic mass is 35.5. The lowest BCUT2D eigenvalue weighted by Crippen LogP contribution is -2.51. The summed E-state index contributed by atoms with van der Waals surface area (Å²) in [6.07, 6.45) is -0.539. The van der Waals surface area contributed by atoms with Gasteiger partial charge < -0.3 is 19.2 Å². The van der Waals surface area contributed by atoms with Crippen molar-refractivity contribution in [1.82, 2.24) is 9.80 Å². The average Bonchev–Trinajstić information content (AvgIpc) is 3.43. The molecule has 5 rings (SSSR count). The van der Waals surface area contributed by atoms with E-state index in [0.717, 1.165) is 36.7 Å². The normalized spacial score (nSPS) is 20.5. The molecule has 0 aromatic heterocycles. The first kappa shape index (κ1) is 20.1. The van der Waals surface area contributed by atoms with Gasteiger partial charge in [-0.3, -0.25) is 9.69 Å². The Morgan fingerprint density at radius 2 is 1.94 bits per heavy atom. The first-order valence-corrected chi connectivity index (χ1v) is 10.5. The van der Waals surface area contributed by atoms with E-state index in [2.05, 4.69) is 10.1 Å². The SMILES string of the molecule is O=C([C@H]1CC(c2c(F)cccc2Cl)=NO1)N1CCN(Cc2ccc3c(c2)OCO3)CC1. The Labute approximate surface area is 183 Å². The fourth-order valence-corrected chi connectivity index (χ4v) is 4.33. The Kier molecular flexibility index (Phi) is 5.41. The van der Waals surface area contributed by atoms with Crippen molar-refractivity contribution in [3.05, 3.63) is 58.4 Å². The van der Waals surface area contributed by atoms with Crippen molar-refractivity contribution >= 4 is 23.2 Å². The van der Waals surface area contributed by atoms with Gasteiger partial charge in [-0.05, 0) is 29.8 Å². The highest BCUT2D eigenvalue weighted by Gasteiger charge is 2.35. The molecule has 7 nitrogen and oxygen atoms in total. The van der Waals surface area contributed by atoms with Crippen molar-refractivity contribution in [2.45, 2.75) is 19.1 Å². The molecule has 0 unspecified atom stereocenters. The molecular weight excluding hydrogens is 425 g/mol. The molecule has 3 aliphatic heterocycles. The van der Waals surface area contributed by atoms with Crippen LogP contribution in [-0.4, -0.2) is 60.5 Å². The number of ether oxygens (including phenoxy) is 2. The highest BCUT2D eigenvalue weighted by Crippen LogP contribution is 2.33. The Bertz CT molecular complexity index is 1020. The summed E-state index contributed by atoms with van der Waals surface area (Å²) in [7, 11) is 0. The molecule has 3 heterocycles. The molecule has 2 aromatic carbocycles. The van der Waals surface area contributed by atoms with Gasteiger partial charge in [0.05, 0.1) is 16.3 Å². The van der Waals surface area contributed by atoms with Gasteiger partial charge in [-0.1, -0.05) is 28.9 Å². The number of hydrogen-bond donors (Lipinski definition) is 0. The number of benzene rings is 2. The maximum Gasteiger partial charge on any atom is 0.266 e. The smallest absolute Gasteiger partial charge is 0.266 e. The van der Waals surface area contributed by atoms with Gasteiger partial charge in [0.1, 0.15) is 5.82 Å². The lowest BCUT2D eigenvalue weighted by molar-refractivity contribution is -0.143. The third-order valence-electron chi connectivity index (χ3n) is 5.72. The zero-order valence-electron chi connectivity index (χ0n) is 16.7. The molecule has 1 saturated heterocycles. The van der Waals surface area contributed by atoms with Crippen LogP contribution in [0.4, 0.5) is 4.39 Å². The van der Waals surface area contributed by atoms with E-state index < -0.39 is 11.9 Å². The molecule has 1 atom stereocenters. The zero-order chi connectivity index (χ0) is 21.4. The van der Waals surface area contributed by atoms with Crippen molar-refractivity contribution < 1.29 is 23.5 Å². The highest BCUT2D eigenvalue weighted by molar-refractivity contribution is 6.34. The van der Waals surface area contributed by atoms with Crippen molar-refractivity contribution in [1.29, 1.82) is 0 Å². The first-order chi connectivity index (χ1) is 15.1. The van der Waals surface area contributed by atoms with Crippen LogP contribution in [0, 0.1) is 5.82 Å². The minimum Gasteiger partial charge on any atom is -0.454 e. The van der Waals surface area contributed by atoms with E-state index >= 15 is 0 Å². The second kappa shape index (κ2) is 8.36. The standard InChI is InChI=1S/C22H21ClFN3O4/c23-15-2-1-3-16(24)21(15)17-11-20(31-25-17)22(28)27-8-6-26(7-9-27)12-14-4-5-18-19(10-14)30-13-29-18/h1-5,10,20H,6-9,11-13H2/t20-/m1/s1. The predicted octanol–water partition coefficient (Wildman–Crippen LogP) is 3.05. The van der Waals surface area contributed by atoms with Crippen molar-refractivity contribution in [3.8, 4) is 11.5 Å². The zero-order valence-corrected chi connectivity index (χ0v) is 17.5. The molecule has 2 aromatic rings. The molecule has 31 heavy (non-hydrogen) atoms. The first-order valence-electron chi connectivity index (χ1n) is 10.2. The molecule has 0 N–H and O–H groups in total. The molecule has 1 fully saturated rings. The number of rotatable bonds is 4. The van der Waals surface area contributed by atoms with E-state index in [9.17, 15) is 9.18 Å². The van der Waals surface area contributed by atoms with Gasteiger partial charge in [0, 0.05) is 39.1 Å². The quantitative estimate of drug-likeness (QED) is 0.723. The molecule has 3 aliphatic rings. The Morgan fingerprint density at radius 3 is 2.74 bits per heavy atom. The number of carbonyl (C=O) groups excluding carboxylic acids is 1. The molecule has 1 amide bonds. The monoisotopic (exact) mass is 445 g/mol. The summed E-state index contributed by atoms with van der Waals surface area (Å²) in [5.41, 5.74) is 1.71. The fourth-order valence-electron chi connectivity index (χ4n) is 4.06. The number of carbonyl (C=O) groups is 1. The van der Waals surface area contributed by atoms with E-state index in [0.29, 0.717) is 18.8 Å². The molecular formula is C22H21ClFN3O4. The number of nitrogens with zero attached hydrogens (tertiary/aromatic N) is 3. The molecule has 162 valence electrons. The van der Waals surface area contributed by atoms with Crippen LogP contribution in [0.15, 0.2) is 41.6 Å². The van der Waals surface area contributed by atoms with Crippen molar-refractivity contribution in [2.24, 2.45) is 5.16 Å². The van der Waals surface area contributed by atoms with Crippen LogP contribution < -0.4 is 9.47 Å². The van der Waals surface area contributed by atoms with E-state index in [-0.39, 0.29) is 29.7 Å². The molecule has 0 saturated carbocycles. The van der Waals surface area contributed by atoms with Gasteiger partial charge >= 0.3 is 0 Å². The van der Waals surface area contributed by atoms with Gasteiger partial charge in [0.2, 0.25) is 12.9 Å². The van der Waals surface area contributed by atoms with Crippen LogP contribution in [0.25, 0.3) is 0 Å². The number of piperazine rings is 1. The predicted molar refractivity (Wildman–Crippen MR) is 112 cm³/mol. The third-order valence-corrected chi connectivity index (χ3v) is 6.04. The average molecular weight is 446 g/mol.